The summed E-state index contributed by atoms with van der Waals surface area (Å²) in [6.45, 7) is 7.19. The predicted octanol–water partition coefficient (Wildman–Crippen LogP) is 8.63. The van der Waals surface area contributed by atoms with Crippen LogP contribution in [0.2, 0.25) is 0 Å². The number of hydrogen-bond acceptors (Lipinski definition) is 5. The lowest BCUT2D eigenvalue weighted by Crippen LogP contribution is -2.39. The molecule has 39 heavy (non-hydrogen) atoms. The lowest BCUT2D eigenvalue weighted by molar-refractivity contribution is -0.158. The third kappa shape index (κ3) is 6.81. The molecule has 1 atom stereocenters. The molecule has 204 valence electrons. The number of alkyl halides is 3. The lowest BCUT2D eigenvalue weighted by atomic mass is 10.0. The summed E-state index contributed by atoms with van der Waals surface area (Å²) in [5.41, 5.74) is 1.46. The quantitative estimate of drug-likeness (QED) is 0.194. The van der Waals surface area contributed by atoms with Crippen molar-refractivity contribution in [1.29, 1.82) is 0 Å². The van der Waals surface area contributed by atoms with E-state index in [2.05, 4.69) is 0 Å². The number of carbonyl (C=O) groups is 1. The van der Waals surface area contributed by atoms with Gasteiger partial charge >= 0.3 is 12.1 Å². The molecule has 1 unspecified atom stereocenters. The molecule has 0 radical (unpaired) electrons. The van der Waals surface area contributed by atoms with Crippen molar-refractivity contribution >= 4 is 17.3 Å². The Morgan fingerprint density at radius 3 is 2.23 bits per heavy atom. The van der Waals surface area contributed by atoms with Gasteiger partial charge in [0.05, 0.1) is 12.2 Å². The monoisotopic (exact) mass is 554 g/mol. The van der Waals surface area contributed by atoms with Crippen LogP contribution in [0.15, 0.2) is 84.2 Å². The number of benzene rings is 3. The van der Waals surface area contributed by atoms with Crippen molar-refractivity contribution in [3.63, 3.8) is 0 Å². The van der Waals surface area contributed by atoms with Crippen LogP contribution in [0.5, 0.6) is 11.5 Å². The van der Waals surface area contributed by atoms with E-state index in [1.807, 2.05) is 54.8 Å². The Hall–Kier alpha value is -3.78. The number of halogens is 3. The standard InChI is InChI=1S/C31H29F3O4S/c1-5-36-29(35)30(3,4)38-26-16-15-25(17-20(26)2)37-28(22-9-7-6-8-10-22)23-18-27(39-19-23)21-11-13-24(14-12-21)31(32,33)34/h6-19,28H,5H2,1-4H3. The maximum absolute atomic E-state index is 13.0. The first kappa shape index (κ1) is 28.2. The van der Waals surface area contributed by atoms with Gasteiger partial charge in [-0.15, -0.1) is 11.3 Å². The van der Waals surface area contributed by atoms with Gasteiger partial charge in [0, 0.05) is 10.4 Å². The van der Waals surface area contributed by atoms with Gasteiger partial charge in [-0.1, -0.05) is 42.5 Å². The highest BCUT2D eigenvalue weighted by molar-refractivity contribution is 7.13. The topological polar surface area (TPSA) is 44.8 Å². The van der Waals surface area contributed by atoms with E-state index in [0.717, 1.165) is 33.7 Å². The smallest absolute Gasteiger partial charge is 0.416 e. The van der Waals surface area contributed by atoms with Crippen LogP contribution in [0.1, 0.15) is 49.1 Å². The minimum Gasteiger partial charge on any atom is -0.481 e. The third-order valence-corrected chi connectivity index (χ3v) is 7.05. The molecular weight excluding hydrogens is 525 g/mol. The van der Waals surface area contributed by atoms with Crippen LogP contribution >= 0.6 is 11.3 Å². The first-order valence-corrected chi connectivity index (χ1v) is 13.3. The number of rotatable bonds is 9. The van der Waals surface area contributed by atoms with E-state index in [9.17, 15) is 18.0 Å². The molecule has 0 fully saturated rings. The van der Waals surface area contributed by atoms with E-state index in [4.69, 9.17) is 14.2 Å². The van der Waals surface area contributed by atoms with Crippen LogP contribution in [0, 0.1) is 6.92 Å². The molecule has 4 nitrogen and oxygen atoms in total. The minimum atomic E-state index is -4.38. The Balaban J connectivity index is 1.59. The molecule has 0 aliphatic rings. The maximum Gasteiger partial charge on any atom is 0.416 e. The fourth-order valence-corrected chi connectivity index (χ4v) is 4.92. The average molecular weight is 555 g/mol. The van der Waals surface area contributed by atoms with Gasteiger partial charge in [0.15, 0.2) is 5.60 Å². The van der Waals surface area contributed by atoms with Gasteiger partial charge in [-0.2, -0.15) is 13.2 Å². The van der Waals surface area contributed by atoms with E-state index in [1.54, 1.807) is 32.9 Å². The molecule has 0 aliphatic carbocycles. The highest BCUT2D eigenvalue weighted by Crippen LogP contribution is 2.38. The normalized spacial score (nSPS) is 12.6. The Morgan fingerprint density at radius 1 is 0.923 bits per heavy atom. The van der Waals surface area contributed by atoms with Gasteiger partial charge < -0.3 is 14.2 Å². The van der Waals surface area contributed by atoms with Gasteiger partial charge in [-0.3, -0.25) is 0 Å². The highest BCUT2D eigenvalue weighted by Gasteiger charge is 2.32. The van der Waals surface area contributed by atoms with Crippen LogP contribution in [-0.4, -0.2) is 18.2 Å². The van der Waals surface area contributed by atoms with Crippen LogP contribution < -0.4 is 9.47 Å². The number of carbonyl (C=O) groups excluding carboxylic acids is 1. The Morgan fingerprint density at radius 2 is 1.62 bits per heavy atom. The zero-order chi connectivity index (χ0) is 28.2. The van der Waals surface area contributed by atoms with E-state index in [1.165, 1.54) is 23.5 Å². The zero-order valence-electron chi connectivity index (χ0n) is 22.0. The Labute approximate surface area is 230 Å². The van der Waals surface area contributed by atoms with Crippen LogP contribution in [-0.2, 0) is 15.7 Å². The van der Waals surface area contributed by atoms with Crippen molar-refractivity contribution in [2.24, 2.45) is 0 Å². The molecule has 4 aromatic rings. The van der Waals surface area contributed by atoms with Gasteiger partial charge in [-0.05, 0) is 86.2 Å². The van der Waals surface area contributed by atoms with Crippen molar-refractivity contribution < 1.29 is 32.2 Å². The fraction of sp³-hybridized carbons (Fsp3) is 0.258. The van der Waals surface area contributed by atoms with Crippen LogP contribution in [0.3, 0.4) is 0 Å². The molecule has 1 heterocycles. The first-order chi connectivity index (χ1) is 18.5. The molecule has 3 aromatic carbocycles. The molecule has 0 N–H and O–H groups in total. The number of aryl methyl sites for hydroxylation is 1. The van der Waals surface area contributed by atoms with Crippen molar-refractivity contribution in [2.45, 2.75) is 45.6 Å². The Kier molecular flexibility index (Phi) is 8.35. The second-order valence-corrected chi connectivity index (χ2v) is 10.4. The summed E-state index contributed by atoms with van der Waals surface area (Å²) in [6, 6.07) is 22.2. The summed E-state index contributed by atoms with van der Waals surface area (Å²) >= 11 is 1.44. The molecule has 8 heteroatoms. The summed E-state index contributed by atoms with van der Waals surface area (Å²) in [5, 5.41) is 1.96. The summed E-state index contributed by atoms with van der Waals surface area (Å²) in [4.78, 5) is 13.1. The lowest BCUT2D eigenvalue weighted by Gasteiger charge is -2.25. The number of thiophene rings is 1. The molecule has 0 amide bonds. The van der Waals surface area contributed by atoms with Gasteiger partial charge in [0.25, 0.3) is 0 Å². The third-order valence-electron chi connectivity index (χ3n) is 6.05. The van der Waals surface area contributed by atoms with Gasteiger partial charge in [0.1, 0.15) is 17.6 Å². The second-order valence-electron chi connectivity index (χ2n) is 9.49. The van der Waals surface area contributed by atoms with Crippen molar-refractivity contribution in [3.05, 3.63) is 106 Å². The second kappa shape index (κ2) is 11.5. The van der Waals surface area contributed by atoms with Gasteiger partial charge in [0.2, 0.25) is 0 Å². The van der Waals surface area contributed by atoms with E-state index >= 15 is 0 Å². The first-order valence-electron chi connectivity index (χ1n) is 12.4. The molecule has 1 aromatic heterocycles. The highest BCUT2D eigenvalue weighted by atomic mass is 32.1. The summed E-state index contributed by atoms with van der Waals surface area (Å²) < 4.78 is 56.5. The van der Waals surface area contributed by atoms with Crippen molar-refractivity contribution in [2.75, 3.05) is 6.61 Å². The molecule has 0 saturated heterocycles. The maximum atomic E-state index is 13.0. The van der Waals surface area contributed by atoms with Crippen molar-refractivity contribution in [1.82, 2.24) is 0 Å². The molecular formula is C31H29F3O4S. The fourth-order valence-electron chi connectivity index (χ4n) is 3.99. The van der Waals surface area contributed by atoms with Crippen LogP contribution in [0.25, 0.3) is 10.4 Å². The largest absolute Gasteiger partial charge is 0.481 e. The Bertz CT molecular complexity index is 1410. The zero-order valence-corrected chi connectivity index (χ0v) is 22.9. The summed E-state index contributed by atoms with van der Waals surface area (Å²) in [6.07, 6.45) is -4.83. The number of ether oxygens (including phenoxy) is 3. The van der Waals surface area contributed by atoms with E-state index in [0.29, 0.717) is 17.1 Å². The van der Waals surface area contributed by atoms with E-state index < -0.39 is 29.4 Å². The number of esters is 1. The van der Waals surface area contributed by atoms with Crippen LogP contribution in [0.4, 0.5) is 13.2 Å². The average Bonchev–Trinajstić information content (AvgIpc) is 3.39. The molecule has 0 spiro atoms. The SMILES string of the molecule is CCOC(=O)C(C)(C)Oc1ccc(OC(c2ccccc2)c2csc(-c3ccc(C(F)(F)F)cc3)c2)cc1C. The minimum absolute atomic E-state index is 0.265. The molecule has 0 saturated carbocycles. The van der Waals surface area contributed by atoms with Crippen molar-refractivity contribution in [3.8, 4) is 21.9 Å². The summed E-state index contributed by atoms with van der Waals surface area (Å²) in [7, 11) is 0. The van der Waals surface area contributed by atoms with E-state index in [-0.39, 0.29) is 6.61 Å². The van der Waals surface area contributed by atoms with Gasteiger partial charge in [-0.25, -0.2) is 4.79 Å². The molecule has 0 aliphatic heterocycles. The molecule has 0 bridgehead atoms. The summed E-state index contributed by atoms with van der Waals surface area (Å²) in [5.74, 6) is 0.692. The predicted molar refractivity (Wildman–Crippen MR) is 146 cm³/mol. The molecule has 4 rings (SSSR count). The number of hydrogen-bond donors (Lipinski definition) is 0.